The van der Waals surface area contributed by atoms with Gasteiger partial charge in [0, 0.05) is 16.8 Å². The van der Waals surface area contributed by atoms with Crippen molar-refractivity contribution in [3.05, 3.63) is 76.6 Å². The molecule has 9 heteroatoms. The monoisotopic (exact) mass is 465 g/mol. The van der Waals surface area contributed by atoms with E-state index in [1.54, 1.807) is 0 Å². The summed E-state index contributed by atoms with van der Waals surface area (Å²) in [5.41, 5.74) is 5.98. The molecular formula is C24H24ClN5O3. The molecule has 0 bridgehead atoms. The zero-order valence-corrected chi connectivity index (χ0v) is 19.3. The summed E-state index contributed by atoms with van der Waals surface area (Å²) in [6.07, 6.45) is 0.521. The number of carbonyl (C=O) groups is 1. The SMILES string of the molecule is CCc1nc(C)c(C)c(OCc2ccc(-c3ccccc3-c3nn[nH]n3)cc2)c1C(=O)O.Cl. The van der Waals surface area contributed by atoms with E-state index in [9.17, 15) is 9.90 Å². The molecule has 0 amide bonds. The van der Waals surface area contributed by atoms with Gasteiger partial charge in [0.1, 0.15) is 17.9 Å². The summed E-state index contributed by atoms with van der Waals surface area (Å²) in [6.45, 7) is 5.84. The molecule has 4 rings (SSSR count). The molecule has 2 aromatic heterocycles. The predicted molar refractivity (Wildman–Crippen MR) is 127 cm³/mol. The number of tetrazole rings is 1. The number of nitrogens with zero attached hydrogens (tertiary/aromatic N) is 4. The van der Waals surface area contributed by atoms with Crippen LogP contribution in [0.25, 0.3) is 22.5 Å². The summed E-state index contributed by atoms with van der Waals surface area (Å²) in [6, 6.07) is 15.8. The molecule has 2 heterocycles. The van der Waals surface area contributed by atoms with Gasteiger partial charge in [0.05, 0.1) is 5.69 Å². The molecule has 0 radical (unpaired) electrons. The molecule has 0 fully saturated rings. The zero-order chi connectivity index (χ0) is 22.7. The van der Waals surface area contributed by atoms with Crippen LogP contribution in [0.15, 0.2) is 48.5 Å². The maximum atomic E-state index is 11.9. The van der Waals surface area contributed by atoms with Crippen LogP contribution in [-0.4, -0.2) is 36.7 Å². The quantitative estimate of drug-likeness (QED) is 0.402. The van der Waals surface area contributed by atoms with Crippen LogP contribution >= 0.6 is 12.4 Å². The fourth-order valence-corrected chi connectivity index (χ4v) is 3.62. The highest BCUT2D eigenvalue weighted by Gasteiger charge is 2.21. The number of aromatic nitrogens is 5. The molecule has 0 unspecified atom stereocenters. The van der Waals surface area contributed by atoms with Crippen LogP contribution in [0.1, 0.15) is 39.8 Å². The van der Waals surface area contributed by atoms with Crippen LogP contribution in [0.4, 0.5) is 0 Å². The van der Waals surface area contributed by atoms with Gasteiger partial charge in [-0.15, -0.1) is 22.6 Å². The van der Waals surface area contributed by atoms with E-state index in [0.717, 1.165) is 33.5 Å². The topological polar surface area (TPSA) is 114 Å². The number of aromatic amines is 1. The summed E-state index contributed by atoms with van der Waals surface area (Å²) in [5.74, 6) is -0.112. The third kappa shape index (κ3) is 4.85. The first-order valence-corrected chi connectivity index (χ1v) is 10.3. The molecule has 0 aliphatic heterocycles. The van der Waals surface area contributed by atoms with Gasteiger partial charge in [-0.25, -0.2) is 4.79 Å². The van der Waals surface area contributed by atoms with E-state index in [2.05, 4.69) is 25.6 Å². The van der Waals surface area contributed by atoms with Gasteiger partial charge >= 0.3 is 5.97 Å². The predicted octanol–water partition coefficient (Wildman–Crippen LogP) is 4.81. The van der Waals surface area contributed by atoms with Gasteiger partial charge in [0.2, 0.25) is 5.82 Å². The molecule has 2 aromatic carbocycles. The van der Waals surface area contributed by atoms with Gasteiger partial charge < -0.3 is 9.84 Å². The summed E-state index contributed by atoms with van der Waals surface area (Å²) >= 11 is 0. The van der Waals surface area contributed by atoms with E-state index >= 15 is 0 Å². The first kappa shape index (κ1) is 23.9. The Balaban J connectivity index is 0.00000306. The summed E-state index contributed by atoms with van der Waals surface area (Å²) < 4.78 is 6.01. The number of benzene rings is 2. The van der Waals surface area contributed by atoms with Crippen LogP contribution < -0.4 is 4.74 Å². The minimum atomic E-state index is -1.03. The number of ether oxygens (including phenoxy) is 1. The normalized spacial score (nSPS) is 10.5. The van der Waals surface area contributed by atoms with Crippen molar-refractivity contribution in [2.45, 2.75) is 33.8 Å². The van der Waals surface area contributed by atoms with Crippen molar-refractivity contribution in [2.24, 2.45) is 0 Å². The van der Waals surface area contributed by atoms with Crippen molar-refractivity contribution in [3.63, 3.8) is 0 Å². The Bertz CT molecular complexity index is 1260. The number of carboxylic acids is 1. The largest absolute Gasteiger partial charge is 0.488 e. The van der Waals surface area contributed by atoms with Crippen molar-refractivity contribution in [1.82, 2.24) is 25.6 Å². The minimum absolute atomic E-state index is 0. The van der Waals surface area contributed by atoms with Crippen molar-refractivity contribution < 1.29 is 14.6 Å². The Kier molecular flexibility index (Phi) is 7.40. The standard InChI is InChI=1S/C24H23N5O3.ClH/c1-4-20-21(24(30)31)22(14(2)15(3)25-20)32-13-16-9-11-17(12-10-16)18-7-5-6-8-19(18)23-26-28-29-27-23;/h5-12H,4,13H2,1-3H3,(H,30,31)(H,26,27,28,29);1H. The highest BCUT2D eigenvalue weighted by molar-refractivity contribution is 5.92. The third-order valence-corrected chi connectivity index (χ3v) is 5.41. The van der Waals surface area contributed by atoms with Gasteiger partial charge in [-0.05, 0) is 42.2 Å². The molecule has 0 saturated heterocycles. The van der Waals surface area contributed by atoms with E-state index in [0.29, 0.717) is 23.7 Å². The zero-order valence-electron chi connectivity index (χ0n) is 18.5. The molecule has 33 heavy (non-hydrogen) atoms. The number of nitrogens with one attached hydrogen (secondary N) is 1. The number of rotatable bonds is 7. The van der Waals surface area contributed by atoms with E-state index in [1.807, 2.05) is 69.3 Å². The Morgan fingerprint density at radius 3 is 2.36 bits per heavy atom. The number of halogens is 1. The lowest BCUT2D eigenvalue weighted by Gasteiger charge is -2.16. The van der Waals surface area contributed by atoms with E-state index in [1.165, 1.54) is 0 Å². The Morgan fingerprint density at radius 2 is 1.76 bits per heavy atom. The average molecular weight is 466 g/mol. The second-order valence-corrected chi connectivity index (χ2v) is 7.40. The van der Waals surface area contributed by atoms with Crippen LogP contribution in [0.5, 0.6) is 5.75 Å². The molecule has 4 aromatic rings. The smallest absolute Gasteiger partial charge is 0.341 e. The Labute approximate surface area is 197 Å². The molecule has 8 nitrogen and oxygen atoms in total. The van der Waals surface area contributed by atoms with E-state index in [-0.39, 0.29) is 24.6 Å². The fraction of sp³-hybridized carbons (Fsp3) is 0.208. The highest BCUT2D eigenvalue weighted by Crippen LogP contribution is 2.31. The van der Waals surface area contributed by atoms with Crippen molar-refractivity contribution in [1.29, 1.82) is 0 Å². The Hall–Kier alpha value is -3.78. The number of hydrogen-bond acceptors (Lipinski definition) is 6. The second kappa shape index (κ2) is 10.2. The van der Waals surface area contributed by atoms with Gasteiger partial charge in [0.25, 0.3) is 0 Å². The highest BCUT2D eigenvalue weighted by atomic mass is 35.5. The molecule has 0 aliphatic carbocycles. The molecular weight excluding hydrogens is 442 g/mol. The van der Waals surface area contributed by atoms with Crippen LogP contribution in [-0.2, 0) is 13.0 Å². The van der Waals surface area contributed by atoms with Crippen molar-refractivity contribution in [2.75, 3.05) is 0 Å². The molecule has 0 aliphatic rings. The van der Waals surface area contributed by atoms with Crippen LogP contribution in [0.3, 0.4) is 0 Å². The summed E-state index contributed by atoms with van der Waals surface area (Å²) in [4.78, 5) is 16.3. The second-order valence-electron chi connectivity index (χ2n) is 7.40. The number of pyridine rings is 1. The fourth-order valence-electron chi connectivity index (χ4n) is 3.62. The van der Waals surface area contributed by atoms with E-state index < -0.39 is 5.97 Å². The minimum Gasteiger partial charge on any atom is -0.488 e. The molecule has 0 spiro atoms. The van der Waals surface area contributed by atoms with E-state index in [4.69, 9.17) is 4.74 Å². The molecule has 0 atom stereocenters. The van der Waals surface area contributed by atoms with Crippen LogP contribution in [0.2, 0.25) is 0 Å². The number of hydrogen-bond donors (Lipinski definition) is 2. The maximum absolute atomic E-state index is 11.9. The lowest BCUT2D eigenvalue weighted by atomic mass is 9.98. The van der Waals surface area contributed by atoms with Crippen molar-refractivity contribution >= 4 is 18.4 Å². The first-order chi connectivity index (χ1) is 15.5. The number of aryl methyl sites for hydroxylation is 2. The van der Waals surface area contributed by atoms with Gasteiger partial charge in [-0.2, -0.15) is 5.21 Å². The van der Waals surface area contributed by atoms with Gasteiger partial charge in [-0.1, -0.05) is 55.5 Å². The first-order valence-electron chi connectivity index (χ1n) is 10.3. The average Bonchev–Trinajstić information content (AvgIpc) is 3.34. The summed E-state index contributed by atoms with van der Waals surface area (Å²) in [7, 11) is 0. The number of carboxylic acid groups (broad SMARTS) is 1. The lowest BCUT2D eigenvalue weighted by Crippen LogP contribution is -2.12. The molecule has 0 saturated carbocycles. The molecule has 170 valence electrons. The number of H-pyrrole nitrogens is 1. The summed E-state index contributed by atoms with van der Waals surface area (Å²) in [5, 5.41) is 24.0. The lowest BCUT2D eigenvalue weighted by molar-refractivity contribution is 0.0689. The van der Waals surface area contributed by atoms with Crippen molar-refractivity contribution in [3.8, 4) is 28.3 Å². The van der Waals surface area contributed by atoms with Gasteiger partial charge in [0.15, 0.2) is 0 Å². The molecule has 2 N–H and O–H groups in total. The maximum Gasteiger partial charge on any atom is 0.341 e. The van der Waals surface area contributed by atoms with Crippen LogP contribution in [0, 0.1) is 13.8 Å². The Morgan fingerprint density at radius 1 is 1.06 bits per heavy atom. The van der Waals surface area contributed by atoms with Gasteiger partial charge in [-0.3, -0.25) is 4.98 Å². The number of aromatic carboxylic acids is 1. The third-order valence-electron chi connectivity index (χ3n) is 5.41.